The van der Waals surface area contributed by atoms with Gasteiger partial charge in [0.2, 0.25) is 0 Å². The number of nitro benzene ring substituents is 1. The monoisotopic (exact) mass is 366 g/mol. The number of anilines is 1. The number of hydrogen-bond donors (Lipinski definition) is 1. The second kappa shape index (κ2) is 7.67. The van der Waals surface area contributed by atoms with Gasteiger partial charge in [-0.15, -0.1) is 11.8 Å². The largest absolute Gasteiger partial charge is 0.293 e. The first kappa shape index (κ1) is 18.3. The minimum absolute atomic E-state index is 0.0262. The number of nitro groups is 1. The van der Waals surface area contributed by atoms with Gasteiger partial charge >= 0.3 is 0 Å². The average Bonchev–Trinajstić information content (AvgIpc) is 2.52. The Morgan fingerprint density at radius 1 is 1.17 bits per heavy atom. The van der Waals surface area contributed by atoms with Crippen LogP contribution in [-0.2, 0) is 10.0 Å². The van der Waals surface area contributed by atoms with Crippen LogP contribution in [0, 0.1) is 17.0 Å². The Bertz CT molecular complexity index is 834. The summed E-state index contributed by atoms with van der Waals surface area (Å²) in [7, 11) is -3.89. The maximum atomic E-state index is 12.5. The van der Waals surface area contributed by atoms with Crippen LogP contribution in [0.15, 0.2) is 52.3 Å². The summed E-state index contributed by atoms with van der Waals surface area (Å²) in [5, 5.41) is 11.2. The van der Waals surface area contributed by atoms with Crippen molar-refractivity contribution < 1.29 is 13.3 Å². The molecule has 2 aromatic carbocycles. The van der Waals surface area contributed by atoms with Crippen molar-refractivity contribution in [3.63, 3.8) is 0 Å². The molecule has 0 bridgehead atoms. The van der Waals surface area contributed by atoms with Crippen LogP contribution < -0.4 is 4.72 Å². The molecule has 128 valence electrons. The van der Waals surface area contributed by atoms with E-state index in [2.05, 4.69) is 4.72 Å². The molecule has 24 heavy (non-hydrogen) atoms. The Hall–Kier alpha value is -2.06. The summed E-state index contributed by atoms with van der Waals surface area (Å²) in [5.41, 5.74) is 0.631. The molecule has 1 N–H and O–H groups in total. The lowest BCUT2D eigenvalue weighted by atomic mass is 10.2. The summed E-state index contributed by atoms with van der Waals surface area (Å²) in [6, 6.07) is 10.8. The normalized spacial score (nSPS) is 11.2. The van der Waals surface area contributed by atoms with E-state index in [0.717, 1.165) is 22.6 Å². The molecule has 2 rings (SSSR count). The second-order valence-corrected chi connectivity index (χ2v) is 8.05. The van der Waals surface area contributed by atoms with Gasteiger partial charge in [0.25, 0.3) is 15.7 Å². The van der Waals surface area contributed by atoms with Crippen LogP contribution in [0.3, 0.4) is 0 Å². The lowest BCUT2D eigenvalue weighted by molar-refractivity contribution is -0.383. The number of sulfonamides is 1. The number of aryl methyl sites for hydroxylation is 1. The molecule has 0 unspecified atom stereocenters. The van der Waals surface area contributed by atoms with Crippen molar-refractivity contribution >= 4 is 33.2 Å². The quantitative estimate of drug-likeness (QED) is 0.450. The number of hydrogen-bond acceptors (Lipinski definition) is 5. The summed E-state index contributed by atoms with van der Waals surface area (Å²) in [6.07, 6.45) is 0.950. The van der Waals surface area contributed by atoms with Crippen LogP contribution in [0.2, 0.25) is 0 Å². The molecule has 0 atom stereocenters. The first-order valence-corrected chi connectivity index (χ1v) is 9.81. The summed E-state index contributed by atoms with van der Waals surface area (Å²) < 4.78 is 27.3. The zero-order valence-electron chi connectivity index (χ0n) is 13.4. The minimum atomic E-state index is -3.89. The lowest BCUT2D eigenvalue weighted by Crippen LogP contribution is -2.14. The number of nitrogens with one attached hydrogen (secondary N) is 1. The second-order valence-electron chi connectivity index (χ2n) is 5.20. The van der Waals surface area contributed by atoms with E-state index in [1.54, 1.807) is 18.2 Å². The van der Waals surface area contributed by atoms with Gasteiger partial charge in [-0.2, -0.15) is 0 Å². The number of rotatable bonds is 7. The number of benzene rings is 2. The zero-order chi connectivity index (χ0) is 17.7. The Labute approximate surface area is 145 Å². The van der Waals surface area contributed by atoms with E-state index in [4.69, 9.17) is 0 Å². The maximum absolute atomic E-state index is 12.5. The SMILES string of the molecule is CCCSc1ccc([N+](=O)[O-])c(NS(=O)(=O)c2ccc(C)cc2)c1. The van der Waals surface area contributed by atoms with Gasteiger partial charge in [-0.3, -0.25) is 14.8 Å². The average molecular weight is 366 g/mol. The van der Waals surface area contributed by atoms with Crippen molar-refractivity contribution in [1.29, 1.82) is 0 Å². The predicted octanol–water partition coefficient (Wildman–Crippen LogP) is 4.21. The van der Waals surface area contributed by atoms with Gasteiger partial charge in [-0.05, 0) is 43.4 Å². The first-order chi connectivity index (χ1) is 11.3. The van der Waals surface area contributed by atoms with Crippen LogP contribution in [-0.4, -0.2) is 19.1 Å². The van der Waals surface area contributed by atoms with Crippen molar-refractivity contribution in [2.45, 2.75) is 30.1 Å². The molecule has 0 aliphatic heterocycles. The summed E-state index contributed by atoms with van der Waals surface area (Å²) in [6.45, 7) is 3.88. The van der Waals surface area contributed by atoms with Gasteiger partial charge in [0.1, 0.15) is 5.69 Å². The van der Waals surface area contributed by atoms with Crippen molar-refractivity contribution in [2.24, 2.45) is 0 Å². The smallest absolute Gasteiger partial charge is 0.273 e. The Morgan fingerprint density at radius 3 is 2.42 bits per heavy atom. The molecule has 0 aromatic heterocycles. The molecule has 0 fully saturated rings. The van der Waals surface area contributed by atoms with Gasteiger partial charge in [-0.1, -0.05) is 24.6 Å². The molecule has 2 aromatic rings. The molecule has 0 radical (unpaired) electrons. The van der Waals surface area contributed by atoms with Gasteiger partial charge in [0, 0.05) is 11.0 Å². The first-order valence-electron chi connectivity index (χ1n) is 7.34. The van der Waals surface area contributed by atoms with Crippen LogP contribution in [0.1, 0.15) is 18.9 Å². The fourth-order valence-electron chi connectivity index (χ4n) is 1.99. The Kier molecular flexibility index (Phi) is 5.84. The highest BCUT2D eigenvalue weighted by Crippen LogP contribution is 2.32. The highest BCUT2D eigenvalue weighted by atomic mass is 32.2. The van der Waals surface area contributed by atoms with Crippen molar-refractivity contribution in [2.75, 3.05) is 10.5 Å². The minimum Gasteiger partial charge on any atom is -0.273 e. The lowest BCUT2D eigenvalue weighted by Gasteiger charge is -2.10. The van der Waals surface area contributed by atoms with Gasteiger partial charge < -0.3 is 0 Å². The van der Waals surface area contributed by atoms with E-state index in [1.807, 2.05) is 13.8 Å². The molecule has 0 saturated carbocycles. The van der Waals surface area contributed by atoms with E-state index in [1.165, 1.54) is 36.0 Å². The van der Waals surface area contributed by atoms with Crippen LogP contribution >= 0.6 is 11.8 Å². The standard InChI is InChI=1S/C16H18N2O4S2/c1-3-10-23-13-6-9-16(18(19)20)15(11-13)17-24(21,22)14-7-4-12(2)5-8-14/h4-9,11,17H,3,10H2,1-2H3. The Balaban J connectivity index is 2.38. The highest BCUT2D eigenvalue weighted by Gasteiger charge is 2.21. The summed E-state index contributed by atoms with van der Waals surface area (Å²) in [5.74, 6) is 0.849. The van der Waals surface area contributed by atoms with E-state index in [0.29, 0.717) is 0 Å². The third-order valence-electron chi connectivity index (χ3n) is 3.21. The summed E-state index contributed by atoms with van der Waals surface area (Å²) in [4.78, 5) is 11.4. The van der Waals surface area contributed by atoms with E-state index < -0.39 is 14.9 Å². The third kappa shape index (κ3) is 4.48. The van der Waals surface area contributed by atoms with Gasteiger partial charge in [-0.25, -0.2) is 8.42 Å². The molecule has 0 aliphatic carbocycles. The van der Waals surface area contributed by atoms with Crippen LogP contribution in [0.4, 0.5) is 11.4 Å². The fourth-order valence-corrected chi connectivity index (χ4v) is 3.86. The molecule has 8 heteroatoms. The molecular formula is C16H18N2O4S2. The molecule has 6 nitrogen and oxygen atoms in total. The molecular weight excluding hydrogens is 348 g/mol. The highest BCUT2D eigenvalue weighted by molar-refractivity contribution is 7.99. The van der Waals surface area contributed by atoms with E-state index in [-0.39, 0.29) is 16.3 Å². The molecule has 0 spiro atoms. The topological polar surface area (TPSA) is 89.3 Å². The predicted molar refractivity (Wildman–Crippen MR) is 96.1 cm³/mol. The van der Waals surface area contributed by atoms with Crippen LogP contribution in [0.25, 0.3) is 0 Å². The zero-order valence-corrected chi connectivity index (χ0v) is 15.0. The van der Waals surface area contributed by atoms with E-state index in [9.17, 15) is 18.5 Å². The fraction of sp³-hybridized carbons (Fsp3) is 0.250. The van der Waals surface area contributed by atoms with Crippen molar-refractivity contribution in [1.82, 2.24) is 0 Å². The van der Waals surface area contributed by atoms with Gasteiger partial charge in [0.05, 0.1) is 9.82 Å². The van der Waals surface area contributed by atoms with E-state index >= 15 is 0 Å². The molecule has 0 heterocycles. The summed E-state index contributed by atoms with van der Waals surface area (Å²) >= 11 is 1.52. The van der Waals surface area contributed by atoms with Crippen molar-refractivity contribution in [3.05, 3.63) is 58.1 Å². The number of thioether (sulfide) groups is 1. The van der Waals surface area contributed by atoms with Gasteiger partial charge in [0.15, 0.2) is 0 Å². The third-order valence-corrected chi connectivity index (χ3v) is 5.79. The van der Waals surface area contributed by atoms with Crippen LogP contribution in [0.5, 0.6) is 0 Å². The Morgan fingerprint density at radius 2 is 1.83 bits per heavy atom. The number of nitrogens with zero attached hydrogens (tertiary/aromatic N) is 1. The molecule has 0 amide bonds. The molecule has 0 saturated heterocycles. The van der Waals surface area contributed by atoms with Crippen molar-refractivity contribution in [3.8, 4) is 0 Å². The maximum Gasteiger partial charge on any atom is 0.293 e. The molecule has 0 aliphatic rings.